The molecule has 1 N–H and O–H groups in total. The van der Waals surface area contributed by atoms with Crippen molar-refractivity contribution in [3.63, 3.8) is 0 Å². The van der Waals surface area contributed by atoms with Gasteiger partial charge in [-0.3, -0.25) is 0 Å². The van der Waals surface area contributed by atoms with Crippen LogP contribution in [0.5, 0.6) is 11.5 Å². The van der Waals surface area contributed by atoms with E-state index in [1.807, 2.05) is 42.5 Å². The minimum Gasteiger partial charge on any atom is -0.454 e. The van der Waals surface area contributed by atoms with Gasteiger partial charge in [-0.15, -0.1) is 0 Å². The maximum absolute atomic E-state index is 6.27. The predicted octanol–water partition coefficient (Wildman–Crippen LogP) is 4.23. The van der Waals surface area contributed by atoms with Crippen molar-refractivity contribution >= 4 is 28.2 Å². The van der Waals surface area contributed by atoms with Gasteiger partial charge in [-0.1, -0.05) is 29.8 Å². The third-order valence-corrected chi connectivity index (χ3v) is 3.93. The zero-order valence-corrected chi connectivity index (χ0v) is 12.4. The zero-order valence-electron chi connectivity index (χ0n) is 11.7. The fraction of sp³-hybridized carbons (Fsp3) is 0.118. The van der Waals surface area contributed by atoms with Gasteiger partial charge in [0.25, 0.3) is 0 Å². The van der Waals surface area contributed by atoms with Crippen molar-refractivity contribution in [3.05, 3.63) is 59.2 Å². The molecule has 0 radical (unpaired) electrons. The Hall–Kier alpha value is -2.46. The van der Waals surface area contributed by atoms with Crippen LogP contribution >= 0.6 is 11.6 Å². The number of hydrogen-bond acceptors (Lipinski definition) is 4. The smallest absolute Gasteiger partial charge is 0.231 e. The average Bonchev–Trinajstić information content (AvgIpc) is 3.00. The summed E-state index contributed by atoms with van der Waals surface area (Å²) in [7, 11) is 0. The lowest BCUT2D eigenvalue weighted by Gasteiger charge is -2.09. The normalized spacial score (nSPS) is 12.6. The van der Waals surface area contributed by atoms with E-state index in [-0.39, 0.29) is 6.79 Å². The van der Waals surface area contributed by atoms with E-state index < -0.39 is 0 Å². The Morgan fingerprint density at radius 2 is 1.91 bits per heavy atom. The topological polar surface area (TPSA) is 43.4 Å². The number of para-hydroxylation sites is 1. The Bertz CT molecular complexity index is 851. The number of rotatable bonds is 3. The van der Waals surface area contributed by atoms with E-state index in [2.05, 4.69) is 16.4 Å². The molecule has 1 aromatic heterocycles. The fourth-order valence-corrected chi connectivity index (χ4v) is 2.68. The first-order chi connectivity index (χ1) is 10.8. The van der Waals surface area contributed by atoms with E-state index >= 15 is 0 Å². The van der Waals surface area contributed by atoms with E-state index in [9.17, 15) is 0 Å². The highest BCUT2D eigenvalue weighted by Crippen LogP contribution is 2.34. The number of fused-ring (bicyclic) bond motifs is 2. The molecule has 110 valence electrons. The molecule has 2 aromatic carbocycles. The fourth-order valence-electron chi connectivity index (χ4n) is 2.46. The number of halogens is 1. The molecule has 1 aliphatic heterocycles. The van der Waals surface area contributed by atoms with Gasteiger partial charge in [0.1, 0.15) is 5.15 Å². The lowest BCUT2D eigenvalue weighted by Crippen LogP contribution is -2.01. The highest BCUT2D eigenvalue weighted by atomic mass is 35.5. The molecule has 22 heavy (non-hydrogen) atoms. The molecule has 4 nitrogen and oxygen atoms in total. The van der Waals surface area contributed by atoms with Crippen LogP contribution in [0.4, 0.5) is 5.69 Å². The second kappa shape index (κ2) is 5.39. The quantitative estimate of drug-likeness (QED) is 0.735. The molecular weight excluding hydrogens is 300 g/mol. The van der Waals surface area contributed by atoms with Crippen molar-refractivity contribution < 1.29 is 9.47 Å². The van der Waals surface area contributed by atoms with Gasteiger partial charge in [0.2, 0.25) is 6.79 Å². The summed E-state index contributed by atoms with van der Waals surface area (Å²) in [5.74, 6) is 1.53. The van der Waals surface area contributed by atoms with Crippen LogP contribution in [0.2, 0.25) is 5.15 Å². The van der Waals surface area contributed by atoms with Crippen LogP contribution in [0.15, 0.2) is 48.5 Å². The van der Waals surface area contributed by atoms with E-state index in [0.717, 1.165) is 33.7 Å². The summed E-state index contributed by atoms with van der Waals surface area (Å²) in [6, 6.07) is 15.8. The summed E-state index contributed by atoms with van der Waals surface area (Å²) >= 11 is 6.27. The lowest BCUT2D eigenvalue weighted by atomic mass is 10.1. The molecule has 2 heterocycles. The van der Waals surface area contributed by atoms with Crippen LogP contribution in [0, 0.1) is 0 Å². The van der Waals surface area contributed by atoms with Crippen LogP contribution in [0.1, 0.15) is 5.56 Å². The van der Waals surface area contributed by atoms with Gasteiger partial charge < -0.3 is 14.8 Å². The van der Waals surface area contributed by atoms with Crippen molar-refractivity contribution in [2.24, 2.45) is 0 Å². The van der Waals surface area contributed by atoms with Gasteiger partial charge in [0, 0.05) is 29.2 Å². The molecule has 0 unspecified atom stereocenters. The molecule has 4 rings (SSSR count). The minimum absolute atomic E-state index is 0.277. The maximum atomic E-state index is 6.27. The number of benzene rings is 2. The largest absolute Gasteiger partial charge is 0.454 e. The summed E-state index contributed by atoms with van der Waals surface area (Å²) in [6.45, 7) is 0.871. The average molecular weight is 313 g/mol. The molecule has 0 saturated carbocycles. The first kappa shape index (κ1) is 13.2. The maximum Gasteiger partial charge on any atom is 0.231 e. The van der Waals surface area contributed by atoms with E-state index in [1.165, 1.54) is 0 Å². The van der Waals surface area contributed by atoms with E-state index in [4.69, 9.17) is 21.1 Å². The van der Waals surface area contributed by atoms with Gasteiger partial charge in [-0.25, -0.2) is 4.98 Å². The monoisotopic (exact) mass is 312 g/mol. The van der Waals surface area contributed by atoms with Crippen molar-refractivity contribution in [2.45, 2.75) is 6.54 Å². The molecule has 1 aliphatic rings. The van der Waals surface area contributed by atoms with Crippen LogP contribution in [-0.2, 0) is 6.54 Å². The van der Waals surface area contributed by atoms with E-state index in [1.54, 1.807) is 0 Å². The lowest BCUT2D eigenvalue weighted by molar-refractivity contribution is 0.174. The Labute approximate surface area is 132 Å². The number of nitrogens with one attached hydrogen (secondary N) is 1. The standard InChI is InChI=1S/C17H13ClN2O2/c18-17-12(7-11-3-1-2-4-14(11)20-17)9-19-13-5-6-15-16(8-13)22-10-21-15/h1-8,19H,9-10H2. The van der Waals surface area contributed by atoms with Crippen LogP contribution in [-0.4, -0.2) is 11.8 Å². The molecule has 0 aliphatic carbocycles. The Morgan fingerprint density at radius 1 is 1.05 bits per heavy atom. The Kier molecular flexibility index (Phi) is 3.24. The third-order valence-electron chi connectivity index (χ3n) is 3.61. The van der Waals surface area contributed by atoms with Gasteiger partial charge >= 0.3 is 0 Å². The van der Waals surface area contributed by atoms with Crippen LogP contribution in [0.25, 0.3) is 10.9 Å². The second-order valence-electron chi connectivity index (χ2n) is 5.05. The van der Waals surface area contributed by atoms with Crippen molar-refractivity contribution in [1.29, 1.82) is 0 Å². The second-order valence-corrected chi connectivity index (χ2v) is 5.41. The number of nitrogens with zero attached hydrogens (tertiary/aromatic N) is 1. The third kappa shape index (κ3) is 2.42. The predicted molar refractivity (Wildman–Crippen MR) is 86.6 cm³/mol. The molecule has 0 amide bonds. The SMILES string of the molecule is Clc1nc2ccccc2cc1CNc1ccc2c(c1)OCO2. The van der Waals surface area contributed by atoms with Gasteiger partial charge in [0.15, 0.2) is 11.5 Å². The number of ether oxygens (including phenoxy) is 2. The number of aromatic nitrogens is 1. The molecule has 0 bridgehead atoms. The van der Waals surface area contributed by atoms with Crippen molar-refractivity contribution in [1.82, 2.24) is 4.98 Å². The van der Waals surface area contributed by atoms with Gasteiger partial charge in [0.05, 0.1) is 5.52 Å². The van der Waals surface area contributed by atoms with Gasteiger partial charge in [-0.05, 0) is 24.3 Å². The van der Waals surface area contributed by atoms with Crippen molar-refractivity contribution in [3.8, 4) is 11.5 Å². The molecule has 5 heteroatoms. The summed E-state index contributed by atoms with van der Waals surface area (Å²) in [6.07, 6.45) is 0. The zero-order chi connectivity index (χ0) is 14.9. The highest BCUT2D eigenvalue weighted by molar-refractivity contribution is 6.30. The number of hydrogen-bond donors (Lipinski definition) is 1. The first-order valence-electron chi connectivity index (χ1n) is 6.97. The van der Waals surface area contributed by atoms with Crippen LogP contribution in [0.3, 0.4) is 0 Å². The molecule has 0 atom stereocenters. The first-order valence-corrected chi connectivity index (χ1v) is 7.35. The van der Waals surface area contributed by atoms with Gasteiger partial charge in [-0.2, -0.15) is 0 Å². The summed E-state index contributed by atoms with van der Waals surface area (Å²) in [4.78, 5) is 4.43. The number of pyridine rings is 1. The van der Waals surface area contributed by atoms with E-state index in [0.29, 0.717) is 11.7 Å². The Balaban J connectivity index is 1.57. The summed E-state index contributed by atoms with van der Waals surface area (Å²) in [5, 5.41) is 4.93. The van der Waals surface area contributed by atoms with Crippen molar-refractivity contribution in [2.75, 3.05) is 12.1 Å². The molecular formula is C17H13ClN2O2. The summed E-state index contributed by atoms with van der Waals surface area (Å²) in [5.41, 5.74) is 2.81. The van der Waals surface area contributed by atoms with Crippen LogP contribution < -0.4 is 14.8 Å². The molecule has 3 aromatic rings. The molecule has 0 fully saturated rings. The highest BCUT2D eigenvalue weighted by Gasteiger charge is 2.13. The minimum atomic E-state index is 0.277. The summed E-state index contributed by atoms with van der Waals surface area (Å²) < 4.78 is 10.7. The number of anilines is 1. The molecule has 0 saturated heterocycles. The Morgan fingerprint density at radius 3 is 2.86 bits per heavy atom. The molecule has 0 spiro atoms.